The lowest BCUT2D eigenvalue weighted by Crippen LogP contribution is -2.19. The standard InChI is InChI=1S/C26H23N5O2/c1-15-7-8-19(28-25-13-23(29-30-25)17-5-4-6-20(32)10-17)12-21(15)22-11-18-14-27-16(2)9-24(18)31(3)26(22)33/h4-14,32H,1-3H3,(H2,28,29,30). The minimum Gasteiger partial charge on any atom is -0.508 e. The molecule has 164 valence electrons. The zero-order valence-electron chi connectivity index (χ0n) is 18.5. The number of nitrogens with zero attached hydrogens (tertiary/aromatic N) is 3. The first-order valence-electron chi connectivity index (χ1n) is 10.6. The number of aryl methyl sites for hydroxylation is 3. The quantitative estimate of drug-likeness (QED) is 0.365. The van der Waals surface area contributed by atoms with Gasteiger partial charge in [0.1, 0.15) is 5.75 Å². The van der Waals surface area contributed by atoms with Crippen LogP contribution in [0.5, 0.6) is 5.75 Å². The van der Waals surface area contributed by atoms with Crippen molar-refractivity contribution in [3.05, 3.63) is 88.5 Å². The van der Waals surface area contributed by atoms with Crippen LogP contribution in [0.2, 0.25) is 0 Å². The molecule has 0 bridgehead atoms. The number of hydrogen-bond donors (Lipinski definition) is 3. The Hall–Kier alpha value is -4.39. The molecule has 0 radical (unpaired) electrons. The van der Waals surface area contributed by atoms with Crippen molar-refractivity contribution in [2.75, 3.05) is 5.32 Å². The van der Waals surface area contributed by atoms with Crippen molar-refractivity contribution >= 4 is 22.4 Å². The van der Waals surface area contributed by atoms with Crippen molar-refractivity contribution in [1.29, 1.82) is 0 Å². The Morgan fingerprint density at radius 3 is 2.67 bits per heavy atom. The third-order valence-corrected chi connectivity index (χ3v) is 5.78. The lowest BCUT2D eigenvalue weighted by atomic mass is 9.99. The van der Waals surface area contributed by atoms with Gasteiger partial charge in [-0.25, -0.2) is 0 Å². The summed E-state index contributed by atoms with van der Waals surface area (Å²) in [6.45, 7) is 3.91. The van der Waals surface area contributed by atoms with Gasteiger partial charge in [-0.05, 0) is 61.4 Å². The Balaban J connectivity index is 1.52. The molecule has 5 rings (SSSR count). The Morgan fingerprint density at radius 2 is 1.85 bits per heavy atom. The number of hydrogen-bond acceptors (Lipinski definition) is 5. The second kappa shape index (κ2) is 7.94. The minimum atomic E-state index is -0.0562. The van der Waals surface area contributed by atoms with E-state index < -0.39 is 0 Å². The topological polar surface area (TPSA) is 95.8 Å². The number of anilines is 2. The molecule has 3 N–H and O–H groups in total. The lowest BCUT2D eigenvalue weighted by molar-refractivity contribution is 0.475. The van der Waals surface area contributed by atoms with Crippen LogP contribution in [0, 0.1) is 13.8 Å². The average molecular weight is 438 g/mol. The van der Waals surface area contributed by atoms with Gasteiger partial charge in [-0.1, -0.05) is 18.2 Å². The predicted molar refractivity (Wildman–Crippen MR) is 131 cm³/mol. The molecule has 0 unspecified atom stereocenters. The van der Waals surface area contributed by atoms with Crippen molar-refractivity contribution in [3.8, 4) is 28.1 Å². The molecule has 0 aliphatic heterocycles. The Bertz CT molecular complexity index is 1570. The third-order valence-electron chi connectivity index (χ3n) is 5.78. The molecule has 5 aromatic rings. The molecule has 3 aromatic heterocycles. The molecule has 3 heterocycles. The summed E-state index contributed by atoms with van der Waals surface area (Å²) in [6.07, 6.45) is 1.80. The summed E-state index contributed by atoms with van der Waals surface area (Å²) in [4.78, 5) is 17.6. The van der Waals surface area contributed by atoms with Crippen molar-refractivity contribution in [2.24, 2.45) is 7.05 Å². The van der Waals surface area contributed by atoms with Crippen LogP contribution in [-0.2, 0) is 7.05 Å². The van der Waals surface area contributed by atoms with Crippen LogP contribution in [0.1, 0.15) is 11.3 Å². The Labute approximate surface area is 190 Å². The second-order valence-electron chi connectivity index (χ2n) is 8.18. The van der Waals surface area contributed by atoms with Crippen molar-refractivity contribution in [2.45, 2.75) is 13.8 Å². The van der Waals surface area contributed by atoms with Gasteiger partial charge >= 0.3 is 0 Å². The number of aromatic hydroxyl groups is 1. The number of fused-ring (bicyclic) bond motifs is 1. The van der Waals surface area contributed by atoms with Gasteiger partial charge in [0.25, 0.3) is 5.56 Å². The highest BCUT2D eigenvalue weighted by Crippen LogP contribution is 2.29. The average Bonchev–Trinajstić information content (AvgIpc) is 3.27. The number of pyridine rings is 2. The van der Waals surface area contributed by atoms with Gasteiger partial charge in [-0.2, -0.15) is 5.10 Å². The number of aromatic amines is 1. The fourth-order valence-electron chi connectivity index (χ4n) is 4.00. The molecule has 0 spiro atoms. The fourth-order valence-corrected chi connectivity index (χ4v) is 4.00. The summed E-state index contributed by atoms with van der Waals surface area (Å²) in [5, 5.41) is 21.3. The van der Waals surface area contributed by atoms with Gasteiger partial charge in [-0.15, -0.1) is 0 Å². The summed E-state index contributed by atoms with van der Waals surface area (Å²) in [6, 6.07) is 18.6. The van der Waals surface area contributed by atoms with E-state index in [4.69, 9.17) is 0 Å². The first-order chi connectivity index (χ1) is 15.9. The molecule has 7 heteroatoms. The van der Waals surface area contributed by atoms with E-state index in [1.807, 2.05) is 56.3 Å². The van der Waals surface area contributed by atoms with E-state index in [0.29, 0.717) is 11.4 Å². The van der Waals surface area contributed by atoms with Gasteiger partial charge in [0.2, 0.25) is 0 Å². The maximum Gasteiger partial charge on any atom is 0.258 e. The summed E-state index contributed by atoms with van der Waals surface area (Å²) in [5.74, 6) is 0.830. The number of rotatable bonds is 4. The summed E-state index contributed by atoms with van der Waals surface area (Å²) < 4.78 is 1.67. The highest BCUT2D eigenvalue weighted by Gasteiger charge is 2.13. The van der Waals surface area contributed by atoms with E-state index >= 15 is 0 Å². The monoisotopic (exact) mass is 437 g/mol. The number of benzene rings is 2. The molecule has 2 aromatic carbocycles. The van der Waals surface area contributed by atoms with E-state index in [-0.39, 0.29) is 11.3 Å². The van der Waals surface area contributed by atoms with Gasteiger partial charge in [0, 0.05) is 47.2 Å². The van der Waals surface area contributed by atoms with Gasteiger partial charge in [0.05, 0.1) is 11.2 Å². The maximum atomic E-state index is 13.2. The molecule has 0 amide bonds. The summed E-state index contributed by atoms with van der Waals surface area (Å²) in [5.41, 5.74) is 6.59. The molecule has 7 nitrogen and oxygen atoms in total. The smallest absolute Gasteiger partial charge is 0.258 e. The minimum absolute atomic E-state index is 0.0562. The van der Waals surface area contributed by atoms with Crippen LogP contribution in [0.3, 0.4) is 0 Å². The summed E-state index contributed by atoms with van der Waals surface area (Å²) >= 11 is 0. The van der Waals surface area contributed by atoms with Crippen molar-refractivity contribution in [3.63, 3.8) is 0 Å². The first-order valence-corrected chi connectivity index (χ1v) is 10.6. The predicted octanol–water partition coefficient (Wildman–Crippen LogP) is 5.06. The molecule has 0 aliphatic rings. The van der Waals surface area contributed by atoms with E-state index in [1.54, 1.807) is 36.0 Å². The van der Waals surface area contributed by atoms with Crippen LogP contribution in [0.25, 0.3) is 33.3 Å². The van der Waals surface area contributed by atoms with Crippen molar-refractivity contribution in [1.82, 2.24) is 19.7 Å². The number of aromatic nitrogens is 4. The van der Waals surface area contributed by atoms with E-state index in [9.17, 15) is 9.90 Å². The van der Waals surface area contributed by atoms with E-state index in [0.717, 1.165) is 44.7 Å². The maximum absolute atomic E-state index is 13.2. The molecule has 0 aliphatic carbocycles. The molecular weight excluding hydrogens is 414 g/mol. The normalized spacial score (nSPS) is 11.1. The number of phenolic OH excluding ortho intramolecular Hbond substituents is 1. The fraction of sp³-hybridized carbons (Fsp3) is 0.115. The van der Waals surface area contributed by atoms with E-state index in [2.05, 4.69) is 20.5 Å². The van der Waals surface area contributed by atoms with Crippen LogP contribution in [0.15, 0.2) is 71.7 Å². The van der Waals surface area contributed by atoms with E-state index in [1.165, 1.54) is 0 Å². The molecule has 33 heavy (non-hydrogen) atoms. The zero-order chi connectivity index (χ0) is 23.1. The number of H-pyrrole nitrogens is 1. The molecular formula is C26H23N5O2. The third kappa shape index (κ3) is 3.85. The van der Waals surface area contributed by atoms with Crippen molar-refractivity contribution < 1.29 is 5.11 Å². The molecule has 0 fully saturated rings. The van der Waals surface area contributed by atoms with Crippen LogP contribution >= 0.6 is 0 Å². The number of nitrogens with one attached hydrogen (secondary N) is 2. The van der Waals surface area contributed by atoms with Crippen LogP contribution in [-0.4, -0.2) is 24.9 Å². The Kier molecular flexibility index (Phi) is 4.94. The van der Waals surface area contributed by atoms with Crippen LogP contribution in [0.4, 0.5) is 11.5 Å². The molecule has 0 atom stereocenters. The lowest BCUT2D eigenvalue weighted by Gasteiger charge is -2.13. The zero-order valence-corrected chi connectivity index (χ0v) is 18.5. The highest BCUT2D eigenvalue weighted by atomic mass is 16.3. The summed E-state index contributed by atoms with van der Waals surface area (Å²) in [7, 11) is 1.79. The molecule has 0 saturated carbocycles. The van der Waals surface area contributed by atoms with Gasteiger partial charge in [0.15, 0.2) is 5.82 Å². The SMILES string of the molecule is Cc1cc2c(cn1)cc(-c1cc(Nc3cc(-c4cccc(O)c4)[nH]n3)ccc1C)c(=O)n2C. The first kappa shape index (κ1) is 20.5. The second-order valence-corrected chi connectivity index (χ2v) is 8.18. The van der Waals surface area contributed by atoms with Gasteiger partial charge < -0.3 is 15.0 Å². The highest BCUT2D eigenvalue weighted by molar-refractivity contribution is 5.85. The Morgan fingerprint density at radius 1 is 1.00 bits per heavy atom. The largest absolute Gasteiger partial charge is 0.508 e. The molecule has 0 saturated heterocycles. The van der Waals surface area contributed by atoms with Crippen LogP contribution < -0.4 is 10.9 Å². The van der Waals surface area contributed by atoms with Gasteiger partial charge in [-0.3, -0.25) is 14.9 Å². The number of phenols is 1.